The van der Waals surface area contributed by atoms with Crippen LogP contribution in [0.15, 0.2) is 22.9 Å². The first-order valence-electron chi connectivity index (χ1n) is 10.6. The second kappa shape index (κ2) is 7.14. The zero-order valence-corrected chi connectivity index (χ0v) is 17.3. The summed E-state index contributed by atoms with van der Waals surface area (Å²) in [4.78, 5) is 35.0. The second-order valence-electron chi connectivity index (χ2n) is 8.65. The van der Waals surface area contributed by atoms with Gasteiger partial charge >= 0.3 is 0 Å². The smallest absolute Gasteiger partial charge is 0.262 e. The van der Waals surface area contributed by atoms with E-state index in [2.05, 4.69) is 18.0 Å². The van der Waals surface area contributed by atoms with Crippen LogP contribution in [0.5, 0.6) is 0 Å². The minimum Gasteiger partial charge on any atom is -0.312 e. The van der Waals surface area contributed by atoms with Crippen molar-refractivity contribution in [3.8, 4) is 0 Å². The minimum atomic E-state index is -0.0428. The molecular formula is C22H27N3O2S. The van der Waals surface area contributed by atoms with Crippen LogP contribution in [-0.4, -0.2) is 26.4 Å². The van der Waals surface area contributed by atoms with Crippen molar-refractivity contribution in [3.05, 3.63) is 38.9 Å². The Kier molecular flexibility index (Phi) is 4.62. The molecule has 2 aromatic heterocycles. The molecule has 1 amide bonds. The lowest BCUT2D eigenvalue weighted by Crippen LogP contribution is -2.38. The molecule has 0 N–H and O–H groups in total. The van der Waals surface area contributed by atoms with Crippen LogP contribution in [0.2, 0.25) is 0 Å². The van der Waals surface area contributed by atoms with Gasteiger partial charge in [-0.3, -0.25) is 14.2 Å². The molecule has 0 aromatic carbocycles. The van der Waals surface area contributed by atoms with Crippen molar-refractivity contribution < 1.29 is 4.79 Å². The van der Waals surface area contributed by atoms with Crippen molar-refractivity contribution in [2.45, 2.75) is 77.3 Å². The summed E-state index contributed by atoms with van der Waals surface area (Å²) in [6.07, 6.45) is 13.4. The van der Waals surface area contributed by atoms with Crippen molar-refractivity contribution in [3.63, 3.8) is 0 Å². The molecule has 0 bridgehead atoms. The number of fused-ring (bicyclic) bond motifs is 3. The van der Waals surface area contributed by atoms with Crippen LogP contribution in [0.4, 0.5) is 0 Å². The third-order valence-corrected chi connectivity index (χ3v) is 7.51. The standard InChI is InChI=1S/C22H27N3O2S/c1-14-7-10-17-18(11-14)28-21-20(17)22(27)24(13-23-21)12-19(26)25(16-8-9-16)15-5-3-2-4-6-15/h5,13-14,16H,2-4,6-12H2,1H3. The Morgan fingerprint density at radius 2 is 2.14 bits per heavy atom. The molecule has 1 saturated carbocycles. The Morgan fingerprint density at radius 3 is 2.89 bits per heavy atom. The van der Waals surface area contributed by atoms with Crippen LogP contribution >= 0.6 is 11.3 Å². The Morgan fingerprint density at radius 1 is 1.29 bits per heavy atom. The van der Waals surface area contributed by atoms with E-state index in [0.29, 0.717) is 12.0 Å². The average molecular weight is 398 g/mol. The predicted octanol–water partition coefficient (Wildman–Crippen LogP) is 4.03. The Bertz CT molecular complexity index is 1010. The summed E-state index contributed by atoms with van der Waals surface area (Å²) in [6.45, 7) is 2.36. The normalized spacial score (nSPS) is 22.0. The molecule has 5 nitrogen and oxygen atoms in total. The van der Waals surface area contributed by atoms with Crippen molar-refractivity contribution in [1.29, 1.82) is 0 Å². The molecule has 0 spiro atoms. The molecule has 0 aliphatic heterocycles. The maximum atomic E-state index is 13.2. The Balaban J connectivity index is 1.46. The molecule has 1 unspecified atom stereocenters. The third-order valence-electron chi connectivity index (χ3n) is 6.34. The van der Waals surface area contributed by atoms with E-state index in [1.54, 1.807) is 17.7 Å². The zero-order chi connectivity index (χ0) is 19.3. The number of hydrogen-bond acceptors (Lipinski definition) is 4. The average Bonchev–Trinajstić information content (AvgIpc) is 3.44. The molecule has 5 rings (SSSR count). The Labute approximate surface area is 169 Å². The Hall–Kier alpha value is -1.95. The highest BCUT2D eigenvalue weighted by Gasteiger charge is 2.35. The van der Waals surface area contributed by atoms with E-state index in [4.69, 9.17) is 0 Å². The summed E-state index contributed by atoms with van der Waals surface area (Å²) < 4.78 is 1.54. The first kappa shape index (κ1) is 18.1. The number of allylic oxidation sites excluding steroid dienone is 2. The SMILES string of the molecule is CC1CCc2c(sc3ncn(CC(=O)N(C4=CCCCC4)C4CC4)c(=O)c23)C1. The maximum Gasteiger partial charge on any atom is 0.262 e. The minimum absolute atomic E-state index is 0.0385. The van der Waals surface area contributed by atoms with Crippen molar-refractivity contribution >= 4 is 27.5 Å². The monoisotopic (exact) mass is 397 g/mol. The van der Waals surface area contributed by atoms with Crippen LogP contribution < -0.4 is 5.56 Å². The summed E-state index contributed by atoms with van der Waals surface area (Å²) in [5.74, 6) is 0.705. The van der Waals surface area contributed by atoms with Crippen molar-refractivity contribution in [2.75, 3.05) is 0 Å². The first-order valence-corrected chi connectivity index (χ1v) is 11.4. The number of amides is 1. The van der Waals surface area contributed by atoms with E-state index in [1.165, 1.54) is 27.1 Å². The fourth-order valence-electron chi connectivity index (χ4n) is 4.67. The highest BCUT2D eigenvalue weighted by Crippen LogP contribution is 2.36. The molecule has 148 valence electrons. The molecule has 1 atom stereocenters. The number of aryl methyl sites for hydroxylation is 1. The molecule has 0 radical (unpaired) electrons. The van der Waals surface area contributed by atoms with E-state index >= 15 is 0 Å². The molecule has 6 heteroatoms. The number of carbonyl (C=O) groups excluding carboxylic acids is 1. The van der Waals surface area contributed by atoms with Crippen LogP contribution in [0.25, 0.3) is 10.2 Å². The van der Waals surface area contributed by atoms with Gasteiger partial charge in [0.15, 0.2) is 0 Å². The lowest BCUT2D eigenvalue weighted by Gasteiger charge is -2.28. The molecule has 1 fully saturated rings. The third kappa shape index (κ3) is 3.21. The molecule has 3 aliphatic carbocycles. The van der Waals surface area contributed by atoms with Gasteiger partial charge in [0.1, 0.15) is 11.4 Å². The largest absolute Gasteiger partial charge is 0.312 e. The van der Waals surface area contributed by atoms with Gasteiger partial charge in [-0.25, -0.2) is 4.98 Å². The van der Waals surface area contributed by atoms with Crippen LogP contribution in [0.1, 0.15) is 62.3 Å². The van der Waals surface area contributed by atoms with Crippen molar-refractivity contribution in [2.24, 2.45) is 5.92 Å². The van der Waals surface area contributed by atoms with Gasteiger partial charge in [0.2, 0.25) is 5.91 Å². The van der Waals surface area contributed by atoms with E-state index < -0.39 is 0 Å². The van der Waals surface area contributed by atoms with Gasteiger partial charge < -0.3 is 4.90 Å². The summed E-state index contributed by atoms with van der Waals surface area (Å²) in [7, 11) is 0. The van der Waals surface area contributed by atoms with Crippen LogP contribution in [-0.2, 0) is 24.2 Å². The maximum absolute atomic E-state index is 13.2. The summed E-state index contributed by atoms with van der Waals surface area (Å²) in [5.41, 5.74) is 2.31. The highest BCUT2D eigenvalue weighted by molar-refractivity contribution is 7.18. The highest BCUT2D eigenvalue weighted by atomic mass is 32.1. The molecule has 28 heavy (non-hydrogen) atoms. The molecule has 0 saturated heterocycles. The summed E-state index contributed by atoms with van der Waals surface area (Å²) in [6, 6.07) is 0.333. The van der Waals surface area contributed by atoms with Gasteiger partial charge in [0.05, 0.1) is 11.7 Å². The number of hydrogen-bond donors (Lipinski definition) is 0. The van der Waals surface area contributed by atoms with Gasteiger partial charge in [-0.2, -0.15) is 0 Å². The van der Waals surface area contributed by atoms with E-state index in [-0.39, 0.29) is 18.0 Å². The molecular weight excluding hydrogens is 370 g/mol. The van der Waals surface area contributed by atoms with Crippen molar-refractivity contribution in [1.82, 2.24) is 14.5 Å². The van der Waals surface area contributed by atoms with Gasteiger partial charge in [-0.15, -0.1) is 11.3 Å². The molecule has 2 heterocycles. The number of thiophene rings is 1. The lowest BCUT2D eigenvalue weighted by molar-refractivity contribution is -0.130. The lowest BCUT2D eigenvalue weighted by atomic mass is 9.89. The number of nitrogens with zero attached hydrogens (tertiary/aromatic N) is 3. The van der Waals surface area contributed by atoms with E-state index in [0.717, 1.165) is 61.6 Å². The number of aromatic nitrogens is 2. The van der Waals surface area contributed by atoms with Gasteiger partial charge in [0, 0.05) is 16.6 Å². The summed E-state index contributed by atoms with van der Waals surface area (Å²) in [5, 5.41) is 0.761. The predicted molar refractivity (Wildman–Crippen MR) is 111 cm³/mol. The molecule has 2 aromatic rings. The van der Waals surface area contributed by atoms with Gasteiger partial charge in [-0.1, -0.05) is 13.0 Å². The fourth-order valence-corrected chi connectivity index (χ4v) is 6.01. The van der Waals surface area contributed by atoms with E-state index in [1.807, 2.05) is 4.90 Å². The van der Waals surface area contributed by atoms with Gasteiger partial charge in [0.25, 0.3) is 5.56 Å². The molecule has 3 aliphatic rings. The quantitative estimate of drug-likeness (QED) is 0.783. The second-order valence-corrected chi connectivity index (χ2v) is 9.73. The summed E-state index contributed by atoms with van der Waals surface area (Å²) >= 11 is 1.66. The first-order chi connectivity index (χ1) is 13.6. The van der Waals surface area contributed by atoms with Crippen LogP contribution in [0, 0.1) is 5.92 Å². The zero-order valence-electron chi connectivity index (χ0n) is 16.4. The van der Waals surface area contributed by atoms with Gasteiger partial charge in [-0.05, 0) is 69.3 Å². The van der Waals surface area contributed by atoms with E-state index in [9.17, 15) is 9.59 Å². The topological polar surface area (TPSA) is 55.2 Å². The number of rotatable bonds is 4. The number of carbonyl (C=O) groups is 1. The van der Waals surface area contributed by atoms with Crippen LogP contribution in [0.3, 0.4) is 0 Å². The fraction of sp³-hybridized carbons (Fsp3) is 0.591.